The first-order valence-corrected chi connectivity index (χ1v) is 11.8. The van der Waals surface area contributed by atoms with Crippen LogP contribution in [0.4, 0.5) is 11.4 Å². The maximum Gasteiger partial charge on any atom is 0.261 e. The van der Waals surface area contributed by atoms with Gasteiger partial charge in [-0.15, -0.1) is 0 Å². The minimum atomic E-state index is -3.66. The van der Waals surface area contributed by atoms with Crippen LogP contribution in [0, 0.1) is 5.92 Å². The lowest BCUT2D eigenvalue weighted by Gasteiger charge is -2.37. The molecule has 0 aromatic heterocycles. The molecule has 0 saturated carbocycles. The standard InChI is InChI=1S/C25H24N2O3S/c1-30-19-12-10-17(11-13-19)25-22-9-5-8-21(22)23-16-20(14-15-24(23)26-25)31(28,29)27-18-6-3-2-4-7-18/h2-8,10-16,21-22,25-27H,9H2,1H3/t21?,22?,25-/m0/s1. The number of anilines is 2. The molecule has 0 saturated heterocycles. The van der Waals surface area contributed by atoms with Crippen LogP contribution in [0.25, 0.3) is 0 Å². The summed E-state index contributed by atoms with van der Waals surface area (Å²) >= 11 is 0. The lowest BCUT2D eigenvalue weighted by Crippen LogP contribution is -2.29. The third kappa shape index (κ3) is 3.68. The number of hydrogen-bond donors (Lipinski definition) is 2. The van der Waals surface area contributed by atoms with Gasteiger partial charge in [-0.05, 0) is 65.9 Å². The molecular weight excluding hydrogens is 408 g/mol. The van der Waals surface area contributed by atoms with Crippen molar-refractivity contribution in [1.29, 1.82) is 0 Å². The summed E-state index contributed by atoms with van der Waals surface area (Å²) in [5.41, 5.74) is 3.76. The minimum absolute atomic E-state index is 0.156. The lowest BCUT2D eigenvalue weighted by atomic mass is 9.77. The molecule has 2 N–H and O–H groups in total. The van der Waals surface area contributed by atoms with Gasteiger partial charge in [0.25, 0.3) is 10.0 Å². The summed E-state index contributed by atoms with van der Waals surface area (Å²) in [6.45, 7) is 0. The molecule has 5 nitrogen and oxygen atoms in total. The van der Waals surface area contributed by atoms with E-state index >= 15 is 0 Å². The molecule has 3 aromatic carbocycles. The fraction of sp³-hybridized carbons (Fsp3) is 0.200. The molecule has 0 spiro atoms. The summed E-state index contributed by atoms with van der Waals surface area (Å²) in [5, 5.41) is 3.65. The summed E-state index contributed by atoms with van der Waals surface area (Å²) in [5.74, 6) is 1.35. The average molecular weight is 433 g/mol. The van der Waals surface area contributed by atoms with Crippen molar-refractivity contribution in [3.63, 3.8) is 0 Å². The molecule has 1 heterocycles. The Morgan fingerprint density at radius 2 is 1.77 bits per heavy atom. The van der Waals surface area contributed by atoms with Gasteiger partial charge in [0.2, 0.25) is 0 Å². The quantitative estimate of drug-likeness (QED) is 0.535. The first-order chi connectivity index (χ1) is 15.0. The second kappa shape index (κ2) is 7.78. The number of nitrogens with one attached hydrogen (secondary N) is 2. The number of allylic oxidation sites excluding steroid dienone is 2. The van der Waals surface area contributed by atoms with Crippen LogP contribution in [-0.4, -0.2) is 15.5 Å². The van der Waals surface area contributed by atoms with E-state index in [4.69, 9.17) is 4.74 Å². The zero-order chi connectivity index (χ0) is 21.4. The van der Waals surface area contributed by atoms with Gasteiger partial charge in [-0.3, -0.25) is 4.72 Å². The molecule has 1 aliphatic carbocycles. The molecule has 1 aliphatic heterocycles. The molecule has 158 valence electrons. The molecule has 6 heteroatoms. The first-order valence-electron chi connectivity index (χ1n) is 10.3. The number of hydrogen-bond acceptors (Lipinski definition) is 4. The van der Waals surface area contributed by atoms with E-state index in [-0.39, 0.29) is 16.9 Å². The Bertz CT molecular complexity index is 1220. The largest absolute Gasteiger partial charge is 0.497 e. The predicted molar refractivity (Wildman–Crippen MR) is 123 cm³/mol. The zero-order valence-electron chi connectivity index (χ0n) is 17.2. The highest BCUT2D eigenvalue weighted by atomic mass is 32.2. The topological polar surface area (TPSA) is 67.4 Å². The van der Waals surface area contributed by atoms with Crippen molar-refractivity contribution < 1.29 is 13.2 Å². The molecule has 31 heavy (non-hydrogen) atoms. The van der Waals surface area contributed by atoms with Crippen LogP contribution in [0.15, 0.2) is 89.8 Å². The van der Waals surface area contributed by atoms with E-state index in [2.05, 4.69) is 34.3 Å². The molecule has 3 atom stereocenters. The van der Waals surface area contributed by atoms with Crippen LogP contribution in [-0.2, 0) is 10.0 Å². The summed E-state index contributed by atoms with van der Waals surface area (Å²) in [6.07, 6.45) is 5.36. The maximum absolute atomic E-state index is 13.0. The SMILES string of the molecule is COc1ccc([C@@H]2Nc3ccc(S(=O)(=O)Nc4ccccc4)cc3C3C=CCC32)cc1. The molecule has 0 bridgehead atoms. The van der Waals surface area contributed by atoms with Crippen molar-refractivity contribution in [2.75, 3.05) is 17.1 Å². The monoisotopic (exact) mass is 432 g/mol. The van der Waals surface area contributed by atoms with Crippen molar-refractivity contribution in [2.45, 2.75) is 23.3 Å². The van der Waals surface area contributed by atoms with Gasteiger partial charge in [0.1, 0.15) is 5.75 Å². The van der Waals surface area contributed by atoms with Gasteiger partial charge in [0.05, 0.1) is 18.0 Å². The van der Waals surface area contributed by atoms with E-state index in [0.717, 1.165) is 23.4 Å². The Labute approximate surface area is 182 Å². The molecule has 2 aliphatic rings. The number of methoxy groups -OCH3 is 1. The van der Waals surface area contributed by atoms with Crippen LogP contribution in [0.3, 0.4) is 0 Å². The molecule has 0 radical (unpaired) electrons. The van der Waals surface area contributed by atoms with Gasteiger partial charge in [0.15, 0.2) is 0 Å². The minimum Gasteiger partial charge on any atom is -0.497 e. The van der Waals surface area contributed by atoms with Gasteiger partial charge >= 0.3 is 0 Å². The normalized spacial score (nSPS) is 21.6. The number of fused-ring (bicyclic) bond motifs is 3. The van der Waals surface area contributed by atoms with Gasteiger partial charge in [-0.25, -0.2) is 8.42 Å². The van der Waals surface area contributed by atoms with Gasteiger partial charge in [0, 0.05) is 17.3 Å². The predicted octanol–water partition coefficient (Wildman–Crippen LogP) is 5.32. The second-order valence-electron chi connectivity index (χ2n) is 7.97. The highest BCUT2D eigenvalue weighted by molar-refractivity contribution is 7.92. The Kier molecular flexibility index (Phi) is 4.94. The average Bonchev–Trinajstić information content (AvgIpc) is 3.29. The van der Waals surface area contributed by atoms with E-state index in [1.54, 1.807) is 25.3 Å². The lowest BCUT2D eigenvalue weighted by molar-refractivity contribution is 0.411. The smallest absolute Gasteiger partial charge is 0.261 e. The van der Waals surface area contributed by atoms with Crippen LogP contribution in [0.5, 0.6) is 5.75 Å². The van der Waals surface area contributed by atoms with E-state index in [1.807, 2.05) is 42.5 Å². The molecule has 2 unspecified atom stereocenters. The summed E-state index contributed by atoms with van der Waals surface area (Å²) in [6, 6.07) is 22.6. The third-order valence-electron chi connectivity index (χ3n) is 6.15. The van der Waals surface area contributed by atoms with Gasteiger partial charge < -0.3 is 10.1 Å². The number of para-hydroxylation sites is 1. The Morgan fingerprint density at radius 3 is 2.52 bits per heavy atom. The van der Waals surface area contributed by atoms with Gasteiger partial charge in [-0.2, -0.15) is 0 Å². The third-order valence-corrected chi connectivity index (χ3v) is 7.52. The highest BCUT2D eigenvalue weighted by Gasteiger charge is 2.38. The molecule has 0 fully saturated rings. The fourth-order valence-corrected chi connectivity index (χ4v) is 5.69. The number of sulfonamides is 1. The van der Waals surface area contributed by atoms with Crippen molar-refractivity contribution in [2.24, 2.45) is 5.92 Å². The number of rotatable bonds is 5. The maximum atomic E-state index is 13.0. The van der Waals surface area contributed by atoms with Crippen LogP contribution in [0.1, 0.15) is 29.5 Å². The number of ether oxygens (including phenoxy) is 1. The second-order valence-corrected chi connectivity index (χ2v) is 9.65. The summed E-state index contributed by atoms with van der Waals surface area (Å²) < 4.78 is 33.9. The highest BCUT2D eigenvalue weighted by Crippen LogP contribution is 2.50. The number of benzene rings is 3. The van der Waals surface area contributed by atoms with Gasteiger partial charge in [-0.1, -0.05) is 42.5 Å². The van der Waals surface area contributed by atoms with Crippen molar-refractivity contribution >= 4 is 21.4 Å². The summed E-state index contributed by atoms with van der Waals surface area (Å²) in [4.78, 5) is 0.277. The summed E-state index contributed by atoms with van der Waals surface area (Å²) in [7, 11) is -2.00. The van der Waals surface area contributed by atoms with Crippen molar-refractivity contribution in [1.82, 2.24) is 0 Å². The van der Waals surface area contributed by atoms with E-state index in [9.17, 15) is 8.42 Å². The van der Waals surface area contributed by atoms with E-state index < -0.39 is 10.0 Å². The van der Waals surface area contributed by atoms with E-state index in [0.29, 0.717) is 11.6 Å². The molecular formula is C25H24N2O3S. The molecule has 5 rings (SSSR count). The van der Waals surface area contributed by atoms with E-state index in [1.165, 1.54) is 5.56 Å². The Balaban J connectivity index is 1.48. The van der Waals surface area contributed by atoms with Crippen molar-refractivity contribution in [3.8, 4) is 5.75 Å². The molecule has 3 aromatic rings. The van der Waals surface area contributed by atoms with Crippen LogP contribution >= 0.6 is 0 Å². The van der Waals surface area contributed by atoms with Crippen LogP contribution in [0.2, 0.25) is 0 Å². The molecule has 0 amide bonds. The Hall–Kier alpha value is -3.25. The first kappa shape index (κ1) is 19.7. The Morgan fingerprint density at radius 1 is 1.00 bits per heavy atom. The van der Waals surface area contributed by atoms with Crippen LogP contribution < -0.4 is 14.8 Å². The van der Waals surface area contributed by atoms with Crippen molar-refractivity contribution in [3.05, 3.63) is 96.1 Å². The zero-order valence-corrected chi connectivity index (χ0v) is 18.0. The fourth-order valence-electron chi connectivity index (χ4n) is 4.60.